The van der Waals surface area contributed by atoms with Crippen molar-refractivity contribution in [1.29, 1.82) is 0 Å². The zero-order valence-electron chi connectivity index (χ0n) is 11.9. The summed E-state index contributed by atoms with van der Waals surface area (Å²) in [6.45, 7) is 3.30. The lowest BCUT2D eigenvalue weighted by molar-refractivity contribution is -0.383. The molecule has 21 heavy (non-hydrogen) atoms. The van der Waals surface area contributed by atoms with E-state index in [1.807, 2.05) is 4.90 Å². The Morgan fingerprint density at radius 1 is 1.57 bits per heavy atom. The second kappa shape index (κ2) is 7.17. The standard InChI is InChI=1S/C13H20N2O5S/c1-9(17)12-8-11(15(18)19)13(21-12)14-4-2-10(3-5-14)20-7-6-16/h8-10,16-17H,2-7H2,1H3/t9-/m1/s1. The van der Waals surface area contributed by atoms with E-state index < -0.39 is 11.0 Å². The third-order valence-corrected chi connectivity index (χ3v) is 4.85. The lowest BCUT2D eigenvalue weighted by Gasteiger charge is -2.32. The van der Waals surface area contributed by atoms with Crippen molar-refractivity contribution < 1.29 is 19.9 Å². The first kappa shape index (κ1) is 16.2. The zero-order chi connectivity index (χ0) is 15.4. The van der Waals surface area contributed by atoms with Gasteiger partial charge in [-0.05, 0) is 19.8 Å². The smallest absolute Gasteiger partial charge is 0.304 e. The number of anilines is 1. The Balaban J connectivity index is 2.07. The largest absolute Gasteiger partial charge is 0.394 e. The summed E-state index contributed by atoms with van der Waals surface area (Å²) in [5.74, 6) is 0. The van der Waals surface area contributed by atoms with Gasteiger partial charge in [-0.3, -0.25) is 10.1 Å². The summed E-state index contributed by atoms with van der Waals surface area (Å²) in [6.07, 6.45) is 0.953. The molecule has 8 heteroatoms. The molecule has 7 nitrogen and oxygen atoms in total. The van der Waals surface area contributed by atoms with Crippen LogP contribution in [0.4, 0.5) is 10.7 Å². The minimum absolute atomic E-state index is 0.00829. The molecule has 1 aliphatic rings. The molecule has 2 N–H and O–H groups in total. The first-order valence-corrected chi connectivity index (χ1v) is 7.78. The molecule has 118 valence electrons. The minimum Gasteiger partial charge on any atom is -0.394 e. The molecule has 1 fully saturated rings. The fourth-order valence-corrected chi connectivity index (χ4v) is 3.51. The number of thiophene rings is 1. The van der Waals surface area contributed by atoms with Crippen LogP contribution in [-0.4, -0.2) is 47.5 Å². The predicted molar refractivity (Wildman–Crippen MR) is 79.9 cm³/mol. The van der Waals surface area contributed by atoms with Crippen molar-refractivity contribution in [2.24, 2.45) is 0 Å². The van der Waals surface area contributed by atoms with Crippen LogP contribution in [0.15, 0.2) is 6.07 Å². The molecule has 1 aliphatic heterocycles. The third kappa shape index (κ3) is 3.91. The molecule has 2 rings (SSSR count). The highest BCUT2D eigenvalue weighted by Crippen LogP contribution is 2.41. The van der Waals surface area contributed by atoms with E-state index in [1.165, 1.54) is 17.4 Å². The van der Waals surface area contributed by atoms with E-state index in [1.54, 1.807) is 6.92 Å². The Hall–Kier alpha value is -1.22. The maximum absolute atomic E-state index is 11.2. The fourth-order valence-electron chi connectivity index (χ4n) is 2.40. The normalized spacial score (nSPS) is 18.0. The summed E-state index contributed by atoms with van der Waals surface area (Å²) in [5.41, 5.74) is 0.0608. The van der Waals surface area contributed by atoms with Gasteiger partial charge in [-0.1, -0.05) is 0 Å². The van der Waals surface area contributed by atoms with Gasteiger partial charge < -0.3 is 19.8 Å². The molecule has 0 unspecified atom stereocenters. The predicted octanol–water partition coefficient (Wildman–Crippen LogP) is 1.69. The first-order chi connectivity index (χ1) is 10.0. The van der Waals surface area contributed by atoms with E-state index in [4.69, 9.17) is 9.84 Å². The van der Waals surface area contributed by atoms with E-state index in [2.05, 4.69) is 0 Å². The molecule has 0 spiro atoms. The molecule has 0 aliphatic carbocycles. The van der Waals surface area contributed by atoms with Crippen molar-refractivity contribution in [3.63, 3.8) is 0 Å². The monoisotopic (exact) mass is 316 g/mol. The van der Waals surface area contributed by atoms with Gasteiger partial charge in [-0.15, -0.1) is 11.3 Å². The number of hydrogen-bond acceptors (Lipinski definition) is 7. The second-order valence-corrected chi connectivity index (χ2v) is 6.12. The van der Waals surface area contributed by atoms with Crippen molar-refractivity contribution in [2.45, 2.75) is 32.0 Å². The minimum atomic E-state index is -0.701. The lowest BCUT2D eigenvalue weighted by Crippen LogP contribution is -2.37. The average molecular weight is 316 g/mol. The van der Waals surface area contributed by atoms with Crippen LogP contribution in [-0.2, 0) is 4.74 Å². The number of nitrogens with zero attached hydrogens (tertiary/aromatic N) is 2. The SMILES string of the molecule is C[C@@H](O)c1cc([N+](=O)[O-])c(N2CCC(OCCO)CC2)s1. The first-order valence-electron chi connectivity index (χ1n) is 6.96. The van der Waals surface area contributed by atoms with Crippen LogP contribution in [0.2, 0.25) is 0 Å². The summed E-state index contributed by atoms with van der Waals surface area (Å²) in [7, 11) is 0. The van der Waals surface area contributed by atoms with Crippen molar-refractivity contribution in [3.8, 4) is 0 Å². The third-order valence-electron chi connectivity index (χ3n) is 3.50. The van der Waals surface area contributed by atoms with Crippen molar-refractivity contribution >= 4 is 22.0 Å². The van der Waals surface area contributed by atoms with Gasteiger partial charge in [-0.2, -0.15) is 0 Å². The van der Waals surface area contributed by atoms with E-state index in [0.717, 1.165) is 12.8 Å². The molecular weight excluding hydrogens is 296 g/mol. The van der Waals surface area contributed by atoms with Crippen LogP contribution in [0.3, 0.4) is 0 Å². The average Bonchev–Trinajstić information content (AvgIpc) is 2.91. The van der Waals surface area contributed by atoms with Crippen LogP contribution in [0, 0.1) is 10.1 Å². The maximum Gasteiger partial charge on any atom is 0.304 e. The molecule has 1 aromatic heterocycles. The van der Waals surface area contributed by atoms with E-state index in [9.17, 15) is 15.2 Å². The molecule has 0 aromatic carbocycles. The van der Waals surface area contributed by atoms with Gasteiger partial charge in [0.25, 0.3) is 0 Å². The number of nitro groups is 1. The molecule has 0 bridgehead atoms. The van der Waals surface area contributed by atoms with Gasteiger partial charge in [0.1, 0.15) is 0 Å². The molecule has 2 heterocycles. The topological polar surface area (TPSA) is 96.1 Å². The maximum atomic E-state index is 11.2. The van der Waals surface area contributed by atoms with Crippen LogP contribution >= 0.6 is 11.3 Å². The Kier molecular flexibility index (Phi) is 5.51. The number of aliphatic hydroxyl groups excluding tert-OH is 2. The number of aliphatic hydroxyl groups is 2. The van der Waals surface area contributed by atoms with Crippen LogP contribution < -0.4 is 4.90 Å². The highest BCUT2D eigenvalue weighted by atomic mass is 32.1. The quantitative estimate of drug-likeness (QED) is 0.612. The summed E-state index contributed by atoms with van der Waals surface area (Å²) in [5, 5.41) is 30.1. The van der Waals surface area contributed by atoms with Gasteiger partial charge in [0.05, 0.1) is 30.3 Å². The highest BCUT2D eigenvalue weighted by Gasteiger charge is 2.28. The Labute approximate surface area is 126 Å². The summed E-state index contributed by atoms with van der Waals surface area (Å²) >= 11 is 1.27. The summed E-state index contributed by atoms with van der Waals surface area (Å²) in [6, 6.07) is 1.46. The summed E-state index contributed by atoms with van der Waals surface area (Å²) < 4.78 is 5.49. The molecule has 0 amide bonds. The number of hydrogen-bond donors (Lipinski definition) is 2. The lowest BCUT2D eigenvalue weighted by atomic mass is 10.1. The van der Waals surface area contributed by atoms with Crippen molar-refractivity contribution in [2.75, 3.05) is 31.2 Å². The molecule has 1 saturated heterocycles. The molecule has 0 saturated carbocycles. The Morgan fingerprint density at radius 3 is 2.76 bits per heavy atom. The van der Waals surface area contributed by atoms with E-state index in [-0.39, 0.29) is 18.4 Å². The fraction of sp³-hybridized carbons (Fsp3) is 0.692. The van der Waals surface area contributed by atoms with E-state index >= 15 is 0 Å². The summed E-state index contributed by atoms with van der Waals surface area (Å²) in [4.78, 5) is 13.3. The van der Waals surface area contributed by atoms with Gasteiger partial charge in [-0.25, -0.2) is 0 Å². The van der Waals surface area contributed by atoms with Crippen molar-refractivity contribution in [3.05, 3.63) is 21.1 Å². The number of rotatable bonds is 6. The van der Waals surface area contributed by atoms with Crippen LogP contribution in [0.25, 0.3) is 0 Å². The molecule has 1 aromatic rings. The second-order valence-electron chi connectivity index (χ2n) is 5.05. The zero-order valence-corrected chi connectivity index (χ0v) is 12.7. The van der Waals surface area contributed by atoms with Crippen LogP contribution in [0.5, 0.6) is 0 Å². The highest BCUT2D eigenvalue weighted by molar-refractivity contribution is 7.16. The number of ether oxygens (including phenoxy) is 1. The molecule has 1 atom stereocenters. The molecule has 0 radical (unpaired) electrons. The molecular formula is C13H20N2O5S. The van der Waals surface area contributed by atoms with Crippen LogP contribution in [0.1, 0.15) is 30.7 Å². The van der Waals surface area contributed by atoms with Crippen molar-refractivity contribution in [1.82, 2.24) is 0 Å². The van der Waals surface area contributed by atoms with Gasteiger partial charge in [0.2, 0.25) is 0 Å². The Bertz CT molecular complexity index is 483. The Morgan fingerprint density at radius 2 is 2.24 bits per heavy atom. The van der Waals surface area contributed by atoms with E-state index in [0.29, 0.717) is 29.6 Å². The van der Waals surface area contributed by atoms with Gasteiger partial charge >= 0.3 is 5.69 Å². The van der Waals surface area contributed by atoms with Gasteiger partial charge in [0.15, 0.2) is 5.00 Å². The van der Waals surface area contributed by atoms with Gasteiger partial charge in [0, 0.05) is 24.0 Å². The number of piperidine rings is 1.